The number of phenols is 2. The maximum absolute atomic E-state index is 12.7. The molecule has 8 aliphatic carbocycles. The molecule has 0 amide bonds. The van der Waals surface area contributed by atoms with E-state index in [-0.39, 0.29) is 51.5 Å². The van der Waals surface area contributed by atoms with Gasteiger partial charge in [0.1, 0.15) is 17.2 Å². The molecule has 0 radical (unpaired) electrons. The zero-order chi connectivity index (χ0) is 43.5. The third-order valence-electron chi connectivity index (χ3n) is 17.4. The molecule has 8 saturated carbocycles. The van der Waals surface area contributed by atoms with Gasteiger partial charge in [-0.1, -0.05) is 102 Å². The van der Waals surface area contributed by atoms with Crippen molar-refractivity contribution in [3.63, 3.8) is 0 Å². The number of benzene rings is 4. The number of nitrogens with zero attached hydrogens (tertiary/aromatic N) is 1. The summed E-state index contributed by atoms with van der Waals surface area (Å²) < 4.78 is 6.05. The minimum Gasteiger partial charge on any atom is -0.507 e. The van der Waals surface area contributed by atoms with Crippen LogP contribution in [0.4, 0.5) is 0 Å². The first-order chi connectivity index (χ1) is 29.2. The Morgan fingerprint density at radius 1 is 0.431 bits per heavy atom. The first kappa shape index (κ1) is 47.8. The molecule has 65 heavy (non-hydrogen) atoms. The zero-order valence-corrected chi connectivity index (χ0v) is 44.9. The molecule has 342 valence electrons. The second kappa shape index (κ2) is 15.4. The Kier molecular flexibility index (Phi) is 11.3. The van der Waals surface area contributed by atoms with E-state index in [1.54, 1.807) is 7.11 Å². The Bertz CT molecular complexity index is 2430. The molecule has 0 aliphatic heterocycles. The van der Waals surface area contributed by atoms with E-state index in [1.807, 2.05) is 12.1 Å². The minimum absolute atomic E-state index is 0. The molecular weight excluding hydrogens is 961 g/mol. The van der Waals surface area contributed by atoms with Crippen LogP contribution in [0.25, 0.3) is 44.8 Å². The molecule has 5 aromatic rings. The molecule has 8 fully saturated rings. The van der Waals surface area contributed by atoms with Crippen molar-refractivity contribution < 1.29 is 40.8 Å². The van der Waals surface area contributed by atoms with Crippen molar-refractivity contribution in [2.45, 2.75) is 143 Å². The number of rotatable bonds is 7. The number of hydrogen-bond acceptors (Lipinski definition) is 4. The number of methoxy groups -OCH3 is 1. The molecule has 2 N–H and O–H groups in total. The van der Waals surface area contributed by atoms with Crippen LogP contribution < -0.4 is 4.74 Å². The van der Waals surface area contributed by atoms with E-state index in [1.165, 1.54) is 49.7 Å². The van der Waals surface area contributed by atoms with E-state index in [9.17, 15) is 10.2 Å². The molecule has 0 spiro atoms. The number of ether oxygens (including phenoxy) is 1. The van der Waals surface area contributed by atoms with E-state index in [0.29, 0.717) is 49.7 Å². The van der Waals surface area contributed by atoms with Gasteiger partial charge in [-0.05, 0) is 158 Å². The van der Waals surface area contributed by atoms with Gasteiger partial charge in [-0.3, -0.25) is 0 Å². The standard InChI is InChI=1S/C58H67NO3.2CH3.Hf/c1-36-18-43(49(60)45(20-36)57-30-51(3)24-52(4,31-57)26-53(5,25-51)32-57)39-14-10-12-16-41(39)47-22-38(62-9)23-48(59-47)42-17-13-11-15-40(42)44-19-37(2)21-46(50(44)61)58-33-54(6)27-55(7,34-58)29-56(8,28-54)35-58;;;/h10-23,60-61H,24-35H2,1-9H3;2*1H3;/q;2*-1;. The molecule has 8 aliphatic rings. The Balaban J connectivity index is 0.00000192. The maximum atomic E-state index is 12.7. The summed E-state index contributed by atoms with van der Waals surface area (Å²) in [5.41, 5.74) is 13.5. The largest absolute Gasteiger partial charge is 0.507 e. The average Bonchev–Trinajstić information content (AvgIpc) is 3.15. The Morgan fingerprint density at radius 3 is 1.02 bits per heavy atom. The molecule has 4 aromatic carbocycles. The van der Waals surface area contributed by atoms with Crippen LogP contribution in [-0.4, -0.2) is 22.3 Å². The molecule has 1 aromatic heterocycles. The third kappa shape index (κ3) is 7.59. The normalized spacial score (nSPS) is 34.7. The molecule has 8 bridgehead atoms. The van der Waals surface area contributed by atoms with Crippen molar-refractivity contribution in [1.82, 2.24) is 4.98 Å². The van der Waals surface area contributed by atoms with E-state index < -0.39 is 0 Å². The van der Waals surface area contributed by atoms with Gasteiger partial charge in [-0.15, -0.1) is 0 Å². The fraction of sp³-hybridized carbons (Fsp3) is 0.483. The van der Waals surface area contributed by atoms with Crippen molar-refractivity contribution in [2.24, 2.45) is 32.5 Å². The molecule has 5 heteroatoms. The van der Waals surface area contributed by atoms with Crippen LogP contribution >= 0.6 is 0 Å². The van der Waals surface area contributed by atoms with Crippen molar-refractivity contribution in [2.75, 3.05) is 7.11 Å². The summed E-state index contributed by atoms with van der Waals surface area (Å²) >= 11 is 0. The van der Waals surface area contributed by atoms with E-state index in [4.69, 9.17) is 9.72 Å². The second-order valence-electron chi connectivity index (χ2n) is 24.8. The number of hydrogen-bond donors (Lipinski definition) is 2. The number of phenolic OH excluding ortho intramolecular Hbond substituents is 2. The first-order valence-electron chi connectivity index (χ1n) is 23.6. The fourth-order valence-electron chi connectivity index (χ4n) is 18.7. The quantitative estimate of drug-likeness (QED) is 0.126. The maximum Gasteiger partial charge on any atom is 0.127 e. The number of aryl methyl sites for hydroxylation is 2. The molecule has 0 unspecified atom stereocenters. The van der Waals surface area contributed by atoms with Crippen LogP contribution in [-0.2, 0) is 36.7 Å². The summed E-state index contributed by atoms with van der Waals surface area (Å²) in [5.74, 6) is 1.57. The van der Waals surface area contributed by atoms with Gasteiger partial charge in [0.2, 0.25) is 0 Å². The van der Waals surface area contributed by atoms with Gasteiger partial charge in [-0.2, -0.15) is 0 Å². The predicted molar refractivity (Wildman–Crippen MR) is 266 cm³/mol. The van der Waals surface area contributed by atoms with Crippen LogP contribution in [0.5, 0.6) is 17.2 Å². The summed E-state index contributed by atoms with van der Waals surface area (Å²) in [6.45, 7) is 19.5. The summed E-state index contributed by atoms with van der Waals surface area (Å²) in [4.78, 5) is 5.46. The van der Waals surface area contributed by atoms with Gasteiger partial charge < -0.3 is 29.8 Å². The van der Waals surface area contributed by atoms with Gasteiger partial charge in [0, 0.05) is 82.2 Å². The van der Waals surface area contributed by atoms with Crippen molar-refractivity contribution in [3.05, 3.63) is 122 Å². The van der Waals surface area contributed by atoms with Crippen LogP contribution in [0.1, 0.15) is 141 Å². The molecule has 13 rings (SSSR count). The summed E-state index contributed by atoms with van der Waals surface area (Å²) in [7, 11) is 1.72. The van der Waals surface area contributed by atoms with Gasteiger partial charge >= 0.3 is 0 Å². The number of aromatic nitrogens is 1. The van der Waals surface area contributed by atoms with Crippen molar-refractivity contribution in [1.29, 1.82) is 0 Å². The molecule has 0 atom stereocenters. The van der Waals surface area contributed by atoms with Gasteiger partial charge in [0.05, 0.1) is 18.5 Å². The molecule has 1 heterocycles. The smallest absolute Gasteiger partial charge is 0.127 e. The second-order valence-corrected chi connectivity index (χ2v) is 24.8. The monoisotopic (exact) mass is 1040 g/mol. The summed E-state index contributed by atoms with van der Waals surface area (Å²) in [6, 6.07) is 29.8. The van der Waals surface area contributed by atoms with Crippen LogP contribution in [0.3, 0.4) is 0 Å². The molecule has 4 nitrogen and oxygen atoms in total. The predicted octanol–water partition coefficient (Wildman–Crippen LogP) is 16.0. The average molecular weight is 1030 g/mol. The minimum atomic E-state index is -0.0390. The van der Waals surface area contributed by atoms with Crippen molar-refractivity contribution in [3.8, 4) is 62.0 Å². The van der Waals surface area contributed by atoms with Gasteiger partial charge in [-0.25, -0.2) is 4.98 Å². The fourth-order valence-corrected chi connectivity index (χ4v) is 18.7. The SMILES string of the molecule is COc1cc(-c2ccccc2-c2cc(C)cc(C34CC5(C)CC(C)(CC(C)(C5)C3)C4)c2O)nc(-c2ccccc2-c2cc(C)cc(C34CC5(C)CC(C)(CC(C)(C5)C3)C4)c2O)c1.[CH3-].[CH3-].[Hf]. The van der Waals surface area contributed by atoms with Gasteiger partial charge in [0.15, 0.2) is 0 Å². The van der Waals surface area contributed by atoms with E-state index in [2.05, 4.69) is 128 Å². The van der Waals surface area contributed by atoms with Crippen LogP contribution in [0, 0.1) is 61.2 Å². The van der Waals surface area contributed by atoms with Crippen LogP contribution in [0.15, 0.2) is 84.9 Å². The Labute approximate surface area is 410 Å². The number of aromatic hydroxyl groups is 2. The third-order valence-corrected chi connectivity index (χ3v) is 17.4. The molecule has 0 saturated heterocycles. The summed E-state index contributed by atoms with van der Waals surface area (Å²) in [5, 5.41) is 25.3. The number of pyridine rings is 1. The van der Waals surface area contributed by atoms with Gasteiger partial charge in [0.25, 0.3) is 0 Å². The Morgan fingerprint density at radius 2 is 0.723 bits per heavy atom. The van der Waals surface area contributed by atoms with E-state index in [0.717, 1.165) is 94.4 Å². The Hall–Kier alpha value is -3.70. The zero-order valence-electron chi connectivity index (χ0n) is 41.3. The van der Waals surface area contributed by atoms with E-state index >= 15 is 0 Å². The van der Waals surface area contributed by atoms with Crippen LogP contribution in [0.2, 0.25) is 0 Å². The topological polar surface area (TPSA) is 62.6 Å². The summed E-state index contributed by atoms with van der Waals surface area (Å²) in [6.07, 6.45) is 14.6. The molecular formula is C60H73HfNO3-2. The first-order valence-corrected chi connectivity index (χ1v) is 23.6. The van der Waals surface area contributed by atoms with Crippen molar-refractivity contribution >= 4 is 0 Å².